The number of hydrogen-bond acceptors (Lipinski definition) is 3. The Morgan fingerprint density at radius 1 is 1.19 bits per heavy atom. The van der Waals surface area contributed by atoms with Crippen LogP contribution < -0.4 is 14.8 Å². The van der Waals surface area contributed by atoms with E-state index in [1.165, 1.54) is 19.3 Å². The van der Waals surface area contributed by atoms with Crippen LogP contribution in [0, 0.1) is 17.8 Å². The molecule has 0 heterocycles. The normalized spacial score (nSPS) is 26.7. The van der Waals surface area contributed by atoms with E-state index in [0.29, 0.717) is 28.1 Å². The second kappa shape index (κ2) is 5.76. The molecule has 2 aliphatic rings. The van der Waals surface area contributed by atoms with Gasteiger partial charge in [0.05, 0.1) is 24.9 Å². The molecule has 2 bridgehead atoms. The molecule has 2 aliphatic carbocycles. The van der Waals surface area contributed by atoms with E-state index in [9.17, 15) is 4.79 Å². The van der Waals surface area contributed by atoms with Crippen LogP contribution >= 0.6 is 11.6 Å². The number of methoxy groups -OCH3 is 2. The maximum Gasteiger partial charge on any atom is 0.227 e. The van der Waals surface area contributed by atoms with Crippen molar-refractivity contribution in [3.63, 3.8) is 0 Å². The molecule has 1 N–H and O–H groups in total. The molecule has 1 aromatic rings. The lowest BCUT2D eigenvalue weighted by Gasteiger charge is -2.21. The van der Waals surface area contributed by atoms with Gasteiger partial charge in [-0.3, -0.25) is 4.79 Å². The van der Waals surface area contributed by atoms with Gasteiger partial charge < -0.3 is 14.8 Å². The molecule has 0 aromatic heterocycles. The number of benzene rings is 1. The molecule has 0 aliphatic heterocycles. The number of amides is 1. The maximum atomic E-state index is 12.5. The molecule has 0 unspecified atom stereocenters. The number of rotatable bonds is 4. The number of fused-ring (bicyclic) bond motifs is 2. The first-order valence-corrected chi connectivity index (χ1v) is 7.72. The van der Waals surface area contributed by atoms with E-state index in [-0.39, 0.29) is 11.8 Å². The van der Waals surface area contributed by atoms with Crippen LogP contribution in [0.2, 0.25) is 5.02 Å². The molecule has 4 nitrogen and oxygen atoms in total. The fourth-order valence-corrected chi connectivity index (χ4v) is 3.98. The van der Waals surface area contributed by atoms with Gasteiger partial charge >= 0.3 is 0 Å². The fourth-order valence-electron chi connectivity index (χ4n) is 3.75. The Hall–Kier alpha value is -1.42. The van der Waals surface area contributed by atoms with Crippen LogP contribution in [0.5, 0.6) is 11.5 Å². The van der Waals surface area contributed by atoms with E-state index < -0.39 is 0 Å². The lowest BCUT2D eigenvalue weighted by atomic mass is 9.88. The Bertz CT molecular complexity index is 561. The van der Waals surface area contributed by atoms with Gasteiger partial charge in [-0.2, -0.15) is 0 Å². The molecule has 3 rings (SSSR count). The van der Waals surface area contributed by atoms with E-state index in [4.69, 9.17) is 21.1 Å². The lowest BCUT2D eigenvalue weighted by molar-refractivity contribution is -0.121. The van der Waals surface area contributed by atoms with Crippen LogP contribution in [0.25, 0.3) is 0 Å². The number of halogens is 1. The van der Waals surface area contributed by atoms with E-state index in [2.05, 4.69) is 5.32 Å². The van der Waals surface area contributed by atoms with Crippen LogP contribution in [-0.2, 0) is 4.79 Å². The summed E-state index contributed by atoms with van der Waals surface area (Å²) in [6.07, 6.45) is 4.69. The van der Waals surface area contributed by atoms with Crippen molar-refractivity contribution < 1.29 is 14.3 Å². The Morgan fingerprint density at radius 3 is 2.52 bits per heavy atom. The number of nitrogens with one attached hydrogen (secondary N) is 1. The Balaban J connectivity index is 1.79. The van der Waals surface area contributed by atoms with Crippen LogP contribution in [0.15, 0.2) is 12.1 Å². The zero-order valence-corrected chi connectivity index (χ0v) is 13.1. The molecular weight excluding hydrogens is 290 g/mol. The molecular formula is C16H20ClNO3. The summed E-state index contributed by atoms with van der Waals surface area (Å²) < 4.78 is 10.5. The van der Waals surface area contributed by atoms with E-state index >= 15 is 0 Å². The number of ether oxygens (including phenoxy) is 2. The summed E-state index contributed by atoms with van der Waals surface area (Å²) in [7, 11) is 3.11. The van der Waals surface area contributed by atoms with Crippen molar-refractivity contribution in [3.05, 3.63) is 17.2 Å². The molecule has 2 saturated carbocycles. The van der Waals surface area contributed by atoms with Crippen molar-refractivity contribution >= 4 is 23.2 Å². The summed E-state index contributed by atoms with van der Waals surface area (Å²) in [6.45, 7) is 0. The topological polar surface area (TPSA) is 47.6 Å². The van der Waals surface area contributed by atoms with E-state index in [0.717, 1.165) is 12.3 Å². The van der Waals surface area contributed by atoms with E-state index in [1.54, 1.807) is 26.4 Å². The highest BCUT2D eigenvalue weighted by Gasteiger charge is 2.43. The minimum atomic E-state index is 0.0878. The first kappa shape index (κ1) is 14.5. The Labute approximate surface area is 129 Å². The summed E-state index contributed by atoms with van der Waals surface area (Å²) in [4.78, 5) is 12.5. The molecule has 0 saturated heterocycles. The SMILES string of the molecule is COc1cc(NC(=O)[C@H]2C[C@@H]3CC[C@@H]2C3)c(OC)cc1Cl. The minimum Gasteiger partial charge on any atom is -0.495 e. The number of anilines is 1. The van der Waals surface area contributed by atoms with Gasteiger partial charge in [-0.15, -0.1) is 0 Å². The molecule has 21 heavy (non-hydrogen) atoms. The van der Waals surface area contributed by atoms with Crippen molar-refractivity contribution in [2.24, 2.45) is 17.8 Å². The van der Waals surface area contributed by atoms with Crippen molar-refractivity contribution in [1.29, 1.82) is 0 Å². The van der Waals surface area contributed by atoms with Gasteiger partial charge in [-0.25, -0.2) is 0 Å². The highest BCUT2D eigenvalue weighted by atomic mass is 35.5. The average molecular weight is 310 g/mol. The highest BCUT2D eigenvalue weighted by molar-refractivity contribution is 6.32. The summed E-state index contributed by atoms with van der Waals surface area (Å²) in [5, 5.41) is 3.45. The fraction of sp³-hybridized carbons (Fsp3) is 0.562. The molecule has 1 amide bonds. The molecule has 2 fully saturated rings. The third kappa shape index (κ3) is 2.69. The van der Waals surface area contributed by atoms with Gasteiger partial charge in [-0.1, -0.05) is 18.0 Å². The third-order valence-corrected chi connectivity index (χ3v) is 5.10. The number of carbonyl (C=O) groups is 1. The second-order valence-corrected chi connectivity index (χ2v) is 6.36. The molecule has 1 aromatic carbocycles. The van der Waals surface area contributed by atoms with Gasteiger partial charge in [-0.05, 0) is 31.1 Å². The van der Waals surface area contributed by atoms with Crippen LogP contribution in [0.1, 0.15) is 25.7 Å². The van der Waals surface area contributed by atoms with Crippen molar-refractivity contribution in [2.75, 3.05) is 19.5 Å². The number of carbonyl (C=O) groups excluding carboxylic acids is 1. The Morgan fingerprint density at radius 2 is 1.95 bits per heavy atom. The lowest BCUT2D eigenvalue weighted by Crippen LogP contribution is -2.27. The smallest absolute Gasteiger partial charge is 0.227 e. The predicted octanol–water partition coefficient (Wildman–Crippen LogP) is 3.73. The number of hydrogen-bond donors (Lipinski definition) is 1. The molecule has 3 atom stereocenters. The minimum absolute atomic E-state index is 0.0878. The van der Waals surface area contributed by atoms with Crippen molar-refractivity contribution in [1.82, 2.24) is 0 Å². The van der Waals surface area contributed by atoms with Gasteiger partial charge in [0.25, 0.3) is 0 Å². The monoisotopic (exact) mass is 309 g/mol. The maximum absolute atomic E-state index is 12.5. The second-order valence-electron chi connectivity index (χ2n) is 5.96. The molecule has 114 valence electrons. The van der Waals surface area contributed by atoms with Gasteiger partial charge in [0.2, 0.25) is 5.91 Å². The van der Waals surface area contributed by atoms with Crippen molar-refractivity contribution in [3.8, 4) is 11.5 Å². The first-order chi connectivity index (χ1) is 10.1. The third-order valence-electron chi connectivity index (χ3n) is 4.81. The predicted molar refractivity (Wildman–Crippen MR) is 82.1 cm³/mol. The van der Waals surface area contributed by atoms with Crippen LogP contribution in [0.3, 0.4) is 0 Å². The average Bonchev–Trinajstić information content (AvgIpc) is 3.11. The van der Waals surface area contributed by atoms with Gasteiger partial charge in [0.1, 0.15) is 11.5 Å². The van der Waals surface area contributed by atoms with Gasteiger partial charge in [0.15, 0.2) is 0 Å². The first-order valence-electron chi connectivity index (χ1n) is 7.34. The van der Waals surface area contributed by atoms with Crippen LogP contribution in [0.4, 0.5) is 5.69 Å². The quantitative estimate of drug-likeness (QED) is 0.922. The standard InChI is InChI=1S/C16H20ClNO3/c1-20-14-8-13(15(21-2)7-12(14)17)18-16(19)11-6-9-3-4-10(11)5-9/h7-11H,3-6H2,1-2H3,(H,18,19)/t9-,10-,11+/m1/s1. The summed E-state index contributed by atoms with van der Waals surface area (Å²) in [6, 6.07) is 3.38. The molecule has 0 radical (unpaired) electrons. The summed E-state index contributed by atoms with van der Waals surface area (Å²) >= 11 is 6.08. The van der Waals surface area contributed by atoms with E-state index in [1.807, 2.05) is 0 Å². The molecule has 5 heteroatoms. The van der Waals surface area contributed by atoms with Crippen molar-refractivity contribution in [2.45, 2.75) is 25.7 Å². The molecule has 0 spiro atoms. The largest absolute Gasteiger partial charge is 0.495 e. The zero-order valence-electron chi connectivity index (χ0n) is 12.3. The summed E-state index contributed by atoms with van der Waals surface area (Å²) in [5.74, 6) is 2.60. The van der Waals surface area contributed by atoms with Crippen LogP contribution in [-0.4, -0.2) is 20.1 Å². The zero-order chi connectivity index (χ0) is 15.0. The van der Waals surface area contributed by atoms with Gasteiger partial charge in [0, 0.05) is 18.1 Å². The summed E-state index contributed by atoms with van der Waals surface area (Å²) in [5.41, 5.74) is 0.617. The highest BCUT2D eigenvalue weighted by Crippen LogP contribution is 2.49. The Kier molecular flexibility index (Phi) is 3.98.